The quantitative estimate of drug-likeness (QED) is 0.750. The molecule has 2 heterocycles. The van der Waals surface area contributed by atoms with Gasteiger partial charge in [0.25, 0.3) is 0 Å². The Balaban J connectivity index is 2.17. The third kappa shape index (κ3) is 2.41. The molecule has 2 N–H and O–H groups in total. The molecule has 0 spiro atoms. The number of rotatable bonds is 3. The summed E-state index contributed by atoms with van der Waals surface area (Å²) in [5, 5.41) is -0.769. The van der Waals surface area contributed by atoms with E-state index in [0.29, 0.717) is 25.2 Å². The molecule has 3 atom stereocenters. The summed E-state index contributed by atoms with van der Waals surface area (Å²) in [6, 6.07) is 0.862. The molecule has 2 fully saturated rings. The van der Waals surface area contributed by atoms with Crippen LogP contribution in [0.3, 0.4) is 0 Å². The molecule has 0 radical (unpaired) electrons. The van der Waals surface area contributed by atoms with E-state index in [4.69, 9.17) is 18.0 Å². The Morgan fingerprint density at radius 3 is 2.56 bits per heavy atom. The highest BCUT2D eigenvalue weighted by molar-refractivity contribution is 7.92. The highest BCUT2D eigenvalue weighted by Crippen LogP contribution is 2.30. The van der Waals surface area contributed by atoms with Gasteiger partial charge in [-0.25, -0.2) is 8.42 Å². The van der Waals surface area contributed by atoms with Gasteiger partial charge in [0.15, 0.2) is 0 Å². The molecule has 18 heavy (non-hydrogen) atoms. The molecule has 3 unspecified atom stereocenters. The number of fused-ring (bicyclic) bond motifs is 2. The van der Waals surface area contributed by atoms with Gasteiger partial charge in [-0.1, -0.05) is 12.2 Å². The lowest BCUT2D eigenvalue weighted by Crippen LogP contribution is -2.46. The molecule has 0 aliphatic carbocycles. The van der Waals surface area contributed by atoms with E-state index in [1.165, 1.54) is 6.42 Å². The van der Waals surface area contributed by atoms with Crippen LogP contribution in [0.25, 0.3) is 0 Å². The fourth-order valence-corrected chi connectivity index (χ4v) is 4.72. The number of likely N-dealkylation sites (N-methyl/N-ethyl adjacent to an activating group) is 1. The maximum Gasteiger partial charge on any atom is 0.223 e. The van der Waals surface area contributed by atoms with E-state index >= 15 is 0 Å². The van der Waals surface area contributed by atoms with Gasteiger partial charge in [0.05, 0.1) is 4.99 Å². The Morgan fingerprint density at radius 1 is 1.33 bits per heavy atom. The molecule has 0 aromatic heterocycles. The largest absolute Gasteiger partial charge is 0.392 e. The molecule has 0 saturated carbocycles. The van der Waals surface area contributed by atoms with Crippen molar-refractivity contribution in [2.75, 3.05) is 20.1 Å². The van der Waals surface area contributed by atoms with Gasteiger partial charge in [0.1, 0.15) is 5.25 Å². The molecule has 2 aliphatic heterocycles. The summed E-state index contributed by atoms with van der Waals surface area (Å²) in [6.45, 7) is 2.73. The molecule has 2 aliphatic rings. The van der Waals surface area contributed by atoms with Crippen molar-refractivity contribution in [2.45, 2.75) is 43.5 Å². The van der Waals surface area contributed by atoms with Gasteiger partial charge < -0.3 is 5.73 Å². The van der Waals surface area contributed by atoms with E-state index in [1.807, 2.05) is 0 Å². The summed E-state index contributed by atoms with van der Waals surface area (Å²) in [5.74, 6) is 0. The Hall–Kier alpha value is -0.240. The topological polar surface area (TPSA) is 66.6 Å². The molecular formula is C11H21N3O2S2. The zero-order valence-electron chi connectivity index (χ0n) is 10.9. The fraction of sp³-hybridized carbons (Fsp3) is 0.909. The van der Waals surface area contributed by atoms with Crippen LogP contribution in [0.1, 0.15) is 26.2 Å². The molecular weight excluding hydrogens is 270 g/mol. The summed E-state index contributed by atoms with van der Waals surface area (Å²) in [7, 11) is -1.30. The minimum Gasteiger partial charge on any atom is -0.392 e. The number of nitrogens with two attached hydrogens (primary N) is 1. The van der Waals surface area contributed by atoms with Crippen molar-refractivity contribution < 1.29 is 8.42 Å². The van der Waals surface area contributed by atoms with Crippen LogP contribution in [-0.2, 0) is 10.0 Å². The Bertz CT molecular complexity index is 438. The first-order valence-electron chi connectivity index (χ1n) is 6.34. The summed E-state index contributed by atoms with van der Waals surface area (Å²) in [5.41, 5.74) is 5.49. The van der Waals surface area contributed by atoms with Gasteiger partial charge >= 0.3 is 0 Å². The van der Waals surface area contributed by atoms with Gasteiger partial charge in [0, 0.05) is 25.2 Å². The van der Waals surface area contributed by atoms with Crippen LogP contribution in [0, 0.1) is 0 Å². The molecule has 2 rings (SSSR count). The Labute approximate surface area is 114 Å². The standard InChI is InChI=1S/C11H21N3O2S2/c1-8(11(12)17)18(15,16)14-6-5-9-3-4-10(7-14)13(9)2/h8-10H,3-7H2,1-2H3,(H2,12,17). The zero-order chi connectivity index (χ0) is 13.5. The third-order valence-electron chi connectivity index (χ3n) is 4.32. The molecule has 0 aromatic carbocycles. The van der Waals surface area contributed by atoms with Crippen molar-refractivity contribution in [1.82, 2.24) is 9.21 Å². The van der Waals surface area contributed by atoms with Crippen LogP contribution in [0.2, 0.25) is 0 Å². The number of sulfonamides is 1. The van der Waals surface area contributed by atoms with E-state index in [-0.39, 0.29) is 4.99 Å². The maximum atomic E-state index is 12.4. The molecule has 5 nitrogen and oxygen atoms in total. The van der Waals surface area contributed by atoms with Crippen molar-refractivity contribution >= 4 is 27.2 Å². The summed E-state index contributed by atoms with van der Waals surface area (Å²) in [6.07, 6.45) is 3.16. The maximum absolute atomic E-state index is 12.4. The number of thiocarbonyl (C=S) groups is 1. The Kier molecular flexibility index (Phi) is 3.96. The van der Waals surface area contributed by atoms with Gasteiger partial charge in [-0.15, -0.1) is 0 Å². The summed E-state index contributed by atoms with van der Waals surface area (Å²) < 4.78 is 26.4. The lowest BCUT2D eigenvalue weighted by atomic mass is 10.1. The van der Waals surface area contributed by atoms with E-state index in [0.717, 1.165) is 12.8 Å². The second-order valence-corrected chi connectivity index (χ2v) is 8.01. The van der Waals surface area contributed by atoms with Gasteiger partial charge in [-0.3, -0.25) is 4.90 Å². The highest BCUT2D eigenvalue weighted by atomic mass is 32.2. The first-order valence-corrected chi connectivity index (χ1v) is 8.25. The lowest BCUT2D eigenvalue weighted by molar-refractivity contribution is 0.246. The van der Waals surface area contributed by atoms with Crippen molar-refractivity contribution in [3.8, 4) is 0 Å². The fourth-order valence-electron chi connectivity index (χ4n) is 2.88. The van der Waals surface area contributed by atoms with Crippen LogP contribution in [-0.4, -0.2) is 60.1 Å². The van der Waals surface area contributed by atoms with Crippen molar-refractivity contribution in [1.29, 1.82) is 0 Å². The monoisotopic (exact) mass is 291 g/mol. The smallest absolute Gasteiger partial charge is 0.223 e. The molecule has 0 amide bonds. The van der Waals surface area contributed by atoms with Gasteiger partial charge in [-0.2, -0.15) is 4.31 Å². The van der Waals surface area contributed by atoms with E-state index in [9.17, 15) is 8.42 Å². The minimum atomic E-state index is -3.39. The van der Waals surface area contributed by atoms with Crippen LogP contribution in [0.5, 0.6) is 0 Å². The van der Waals surface area contributed by atoms with E-state index in [2.05, 4.69) is 11.9 Å². The molecule has 104 valence electrons. The van der Waals surface area contributed by atoms with Gasteiger partial charge in [0.2, 0.25) is 10.0 Å². The average molecular weight is 291 g/mol. The van der Waals surface area contributed by atoms with Gasteiger partial charge in [-0.05, 0) is 33.2 Å². The number of hydrogen-bond donors (Lipinski definition) is 1. The van der Waals surface area contributed by atoms with Crippen molar-refractivity contribution in [3.05, 3.63) is 0 Å². The predicted molar refractivity (Wildman–Crippen MR) is 75.9 cm³/mol. The number of nitrogens with zero attached hydrogens (tertiary/aromatic N) is 2. The first-order chi connectivity index (χ1) is 8.34. The molecule has 2 saturated heterocycles. The second kappa shape index (κ2) is 5.03. The summed E-state index contributed by atoms with van der Waals surface area (Å²) >= 11 is 4.82. The average Bonchev–Trinajstić information content (AvgIpc) is 2.51. The molecule has 2 bridgehead atoms. The third-order valence-corrected chi connectivity index (χ3v) is 7.02. The molecule has 7 heteroatoms. The Morgan fingerprint density at radius 2 is 1.94 bits per heavy atom. The lowest BCUT2D eigenvalue weighted by Gasteiger charge is -2.27. The summed E-state index contributed by atoms with van der Waals surface area (Å²) in [4.78, 5) is 2.37. The van der Waals surface area contributed by atoms with Crippen LogP contribution >= 0.6 is 12.2 Å². The molecule has 0 aromatic rings. The second-order valence-electron chi connectivity index (χ2n) is 5.29. The predicted octanol–water partition coefficient (Wildman–Crippen LogP) is 0.159. The van der Waals surface area contributed by atoms with Crippen molar-refractivity contribution in [3.63, 3.8) is 0 Å². The van der Waals surface area contributed by atoms with Crippen molar-refractivity contribution in [2.24, 2.45) is 5.73 Å². The normalized spacial score (nSPS) is 32.1. The van der Waals surface area contributed by atoms with Crippen LogP contribution < -0.4 is 5.73 Å². The highest BCUT2D eigenvalue weighted by Gasteiger charge is 2.40. The number of hydrogen-bond acceptors (Lipinski definition) is 4. The van der Waals surface area contributed by atoms with E-state index < -0.39 is 15.3 Å². The SMILES string of the molecule is CC(C(N)=S)S(=O)(=O)N1CCC2CCC(C1)N2C. The van der Waals surface area contributed by atoms with E-state index in [1.54, 1.807) is 11.2 Å². The minimum absolute atomic E-state index is 0.0535. The zero-order valence-corrected chi connectivity index (χ0v) is 12.5. The van der Waals surface area contributed by atoms with Crippen LogP contribution in [0.4, 0.5) is 0 Å². The van der Waals surface area contributed by atoms with Crippen LogP contribution in [0.15, 0.2) is 0 Å². The first kappa shape index (κ1) is 14.2.